The van der Waals surface area contributed by atoms with E-state index in [0.29, 0.717) is 24.3 Å². The summed E-state index contributed by atoms with van der Waals surface area (Å²) in [5, 5.41) is 1.91. The molecule has 0 aliphatic rings. The van der Waals surface area contributed by atoms with E-state index in [1.165, 1.54) is 0 Å². The lowest BCUT2D eigenvalue weighted by Crippen LogP contribution is -2.08. The third kappa shape index (κ3) is 5.59. The summed E-state index contributed by atoms with van der Waals surface area (Å²) < 4.78 is 115. The van der Waals surface area contributed by atoms with Gasteiger partial charge >= 0.3 is 12.4 Å². The number of isothiocyanates is 1. The number of rotatable bonds is 5. The Kier molecular flexibility index (Phi) is 6.60. The maximum absolute atomic E-state index is 13.5. The highest BCUT2D eigenvalue weighted by Crippen LogP contribution is 2.41. The SMILES string of the molecule is Fc1ccc(Oc2ncnc(Oc3ccc(F)c(C(F)(F)F)c3)c2N=C=S)cc1C(F)(F)F. The van der Waals surface area contributed by atoms with Crippen LogP contribution in [0.2, 0.25) is 0 Å². The van der Waals surface area contributed by atoms with Crippen LogP contribution in [0.25, 0.3) is 0 Å². The minimum absolute atomic E-state index is 0.360. The lowest BCUT2D eigenvalue weighted by Gasteiger charge is -2.13. The first-order chi connectivity index (χ1) is 15.4. The zero-order valence-electron chi connectivity index (χ0n) is 15.6. The van der Waals surface area contributed by atoms with E-state index in [9.17, 15) is 35.1 Å². The van der Waals surface area contributed by atoms with E-state index < -0.39 is 64.1 Å². The van der Waals surface area contributed by atoms with Crippen molar-refractivity contribution in [2.45, 2.75) is 12.4 Å². The number of ether oxygens (including phenoxy) is 2. The summed E-state index contributed by atoms with van der Waals surface area (Å²) in [6.45, 7) is 0. The normalized spacial score (nSPS) is 11.6. The molecule has 0 saturated heterocycles. The first-order valence-corrected chi connectivity index (χ1v) is 8.83. The Morgan fingerprint density at radius 3 is 1.55 bits per heavy atom. The number of halogens is 8. The zero-order chi connectivity index (χ0) is 24.4. The molecule has 3 aromatic rings. The topological polar surface area (TPSA) is 56.6 Å². The Labute approximate surface area is 184 Å². The molecule has 5 nitrogen and oxygen atoms in total. The van der Waals surface area contributed by atoms with Gasteiger partial charge in [0.25, 0.3) is 11.8 Å². The lowest BCUT2D eigenvalue weighted by atomic mass is 10.2. The number of thiocarbonyl (C=S) groups is 1. The van der Waals surface area contributed by atoms with Crippen molar-refractivity contribution in [1.29, 1.82) is 0 Å². The number of alkyl halides is 6. The summed E-state index contributed by atoms with van der Waals surface area (Å²) in [7, 11) is 0. The summed E-state index contributed by atoms with van der Waals surface area (Å²) in [4.78, 5) is 10.9. The van der Waals surface area contributed by atoms with Gasteiger partial charge in [0, 0.05) is 0 Å². The minimum Gasteiger partial charge on any atom is -0.437 e. The fraction of sp³-hybridized carbons (Fsp3) is 0.105. The Hall–Kier alpha value is -3.64. The van der Waals surface area contributed by atoms with Gasteiger partial charge in [-0.15, -0.1) is 0 Å². The van der Waals surface area contributed by atoms with E-state index in [0.717, 1.165) is 18.5 Å². The molecule has 3 rings (SSSR count). The number of nitrogens with zero attached hydrogens (tertiary/aromatic N) is 3. The highest BCUT2D eigenvalue weighted by atomic mass is 32.1. The molecular weight excluding hydrogens is 486 g/mol. The molecule has 0 aliphatic heterocycles. The van der Waals surface area contributed by atoms with E-state index in [1.54, 1.807) is 0 Å². The largest absolute Gasteiger partial charge is 0.437 e. The fourth-order valence-electron chi connectivity index (χ4n) is 2.43. The van der Waals surface area contributed by atoms with Crippen molar-refractivity contribution in [3.05, 3.63) is 65.5 Å². The second kappa shape index (κ2) is 9.08. The highest BCUT2D eigenvalue weighted by Gasteiger charge is 2.35. The van der Waals surface area contributed by atoms with Gasteiger partial charge in [0.1, 0.15) is 29.5 Å². The Morgan fingerprint density at radius 2 is 1.18 bits per heavy atom. The standard InChI is InChI=1S/C19H7F8N3O2S/c20-13-3-1-9(5-11(13)18(22,23)24)31-16-15(30-8-33)17(29-7-28-16)32-10-2-4-14(21)12(6-10)19(25,26)27/h1-7H. The van der Waals surface area contributed by atoms with Crippen molar-refractivity contribution in [2.24, 2.45) is 4.99 Å². The van der Waals surface area contributed by atoms with Gasteiger partial charge in [-0.05, 0) is 48.6 Å². The first-order valence-electron chi connectivity index (χ1n) is 8.42. The molecule has 0 unspecified atom stereocenters. The maximum Gasteiger partial charge on any atom is 0.419 e. The van der Waals surface area contributed by atoms with Crippen LogP contribution < -0.4 is 9.47 Å². The van der Waals surface area contributed by atoms with E-state index in [2.05, 4.69) is 27.2 Å². The zero-order valence-corrected chi connectivity index (χ0v) is 16.4. The maximum atomic E-state index is 13.5. The molecule has 0 aliphatic carbocycles. The van der Waals surface area contributed by atoms with Crippen molar-refractivity contribution in [2.75, 3.05) is 0 Å². The Morgan fingerprint density at radius 1 is 0.758 bits per heavy atom. The number of aliphatic imine (C=N–C) groups is 1. The molecule has 0 amide bonds. The molecule has 172 valence electrons. The summed E-state index contributed by atoms with van der Waals surface area (Å²) >= 11 is 4.48. The molecule has 0 fully saturated rings. The second-order valence-corrected chi connectivity index (χ2v) is 6.20. The van der Waals surface area contributed by atoms with Crippen LogP contribution >= 0.6 is 12.2 Å². The second-order valence-electron chi connectivity index (χ2n) is 6.02. The van der Waals surface area contributed by atoms with Crippen molar-refractivity contribution < 1.29 is 44.6 Å². The predicted molar refractivity (Wildman–Crippen MR) is 99.7 cm³/mol. The molecule has 0 saturated carbocycles. The van der Waals surface area contributed by atoms with Crippen LogP contribution in [0.3, 0.4) is 0 Å². The molecule has 14 heteroatoms. The van der Waals surface area contributed by atoms with Crippen molar-refractivity contribution in [3.8, 4) is 23.3 Å². The average molecular weight is 493 g/mol. The van der Waals surface area contributed by atoms with Crippen LogP contribution in [0.5, 0.6) is 23.3 Å². The van der Waals surface area contributed by atoms with Gasteiger partial charge in [-0.25, -0.2) is 8.78 Å². The van der Waals surface area contributed by atoms with Gasteiger partial charge in [-0.3, -0.25) is 0 Å². The fourth-order valence-corrected chi connectivity index (χ4v) is 2.52. The molecule has 1 heterocycles. The number of hydrogen-bond acceptors (Lipinski definition) is 6. The molecule has 0 radical (unpaired) electrons. The van der Waals surface area contributed by atoms with Gasteiger partial charge in [0.2, 0.25) is 0 Å². The summed E-state index contributed by atoms with van der Waals surface area (Å²) in [6.07, 6.45) is -9.23. The third-order valence-electron chi connectivity index (χ3n) is 3.83. The van der Waals surface area contributed by atoms with E-state index >= 15 is 0 Å². The highest BCUT2D eigenvalue weighted by molar-refractivity contribution is 7.78. The molecule has 0 spiro atoms. The molecule has 0 atom stereocenters. The summed E-state index contributed by atoms with van der Waals surface area (Å²) in [5.41, 5.74) is -3.68. The van der Waals surface area contributed by atoms with Crippen LogP contribution in [0, 0.1) is 11.6 Å². The quantitative estimate of drug-likeness (QED) is 0.215. The molecule has 2 aromatic carbocycles. The van der Waals surface area contributed by atoms with Crippen molar-refractivity contribution in [1.82, 2.24) is 9.97 Å². The van der Waals surface area contributed by atoms with Crippen LogP contribution in [0.15, 0.2) is 47.7 Å². The van der Waals surface area contributed by atoms with E-state index in [-0.39, 0.29) is 0 Å². The summed E-state index contributed by atoms with van der Waals surface area (Å²) in [6, 6.07) is 3.48. The third-order valence-corrected chi connectivity index (χ3v) is 3.92. The van der Waals surface area contributed by atoms with E-state index in [4.69, 9.17) is 9.47 Å². The van der Waals surface area contributed by atoms with Gasteiger partial charge in [-0.1, -0.05) is 0 Å². The molecule has 33 heavy (non-hydrogen) atoms. The van der Waals surface area contributed by atoms with Crippen molar-refractivity contribution in [3.63, 3.8) is 0 Å². The van der Waals surface area contributed by atoms with Gasteiger partial charge in [0.05, 0.1) is 16.3 Å². The smallest absolute Gasteiger partial charge is 0.419 e. The molecule has 0 bridgehead atoms. The lowest BCUT2D eigenvalue weighted by molar-refractivity contribution is -0.140. The van der Waals surface area contributed by atoms with Gasteiger partial charge < -0.3 is 9.47 Å². The molecular formula is C19H7F8N3O2S. The van der Waals surface area contributed by atoms with Crippen LogP contribution in [0.4, 0.5) is 40.8 Å². The number of benzene rings is 2. The van der Waals surface area contributed by atoms with Crippen LogP contribution in [-0.4, -0.2) is 15.1 Å². The average Bonchev–Trinajstić information content (AvgIpc) is 2.71. The predicted octanol–water partition coefficient (Wildman–Crippen LogP) is 7.11. The first kappa shape index (κ1) is 24.0. The van der Waals surface area contributed by atoms with Crippen LogP contribution in [0.1, 0.15) is 11.1 Å². The van der Waals surface area contributed by atoms with E-state index in [1.807, 2.05) is 5.16 Å². The Bertz CT molecular complexity index is 1160. The minimum atomic E-state index is -5.02. The number of aromatic nitrogens is 2. The number of hydrogen-bond donors (Lipinski definition) is 0. The molecule has 0 N–H and O–H groups in total. The Balaban J connectivity index is 2.00. The van der Waals surface area contributed by atoms with Gasteiger partial charge in [0.15, 0.2) is 5.69 Å². The monoisotopic (exact) mass is 493 g/mol. The van der Waals surface area contributed by atoms with Crippen LogP contribution in [-0.2, 0) is 12.4 Å². The molecule has 1 aromatic heterocycles. The van der Waals surface area contributed by atoms with Gasteiger partial charge in [-0.2, -0.15) is 41.3 Å². The van der Waals surface area contributed by atoms with Crippen molar-refractivity contribution >= 4 is 23.1 Å². The summed E-state index contributed by atoms with van der Waals surface area (Å²) in [5.74, 6) is -5.16.